The first-order valence-electron chi connectivity index (χ1n) is 4.69. The Morgan fingerprint density at radius 3 is 2.25 bits per heavy atom. The predicted molar refractivity (Wildman–Crippen MR) is 63.5 cm³/mol. The number of benzene rings is 1. The van der Waals surface area contributed by atoms with Crippen LogP contribution in [0.25, 0.3) is 0 Å². The molecule has 16 heavy (non-hydrogen) atoms. The summed E-state index contributed by atoms with van der Waals surface area (Å²) in [5.41, 5.74) is 2.96. The fourth-order valence-electron chi connectivity index (χ4n) is 1.000. The summed E-state index contributed by atoms with van der Waals surface area (Å²) < 4.78 is 31.2. The van der Waals surface area contributed by atoms with Gasteiger partial charge in [0.15, 0.2) is 12.1 Å². The largest absolute Gasteiger partial charge is 0.744 e. The molecule has 1 N–H and O–H groups in total. The van der Waals surface area contributed by atoms with Gasteiger partial charge in [-0.3, -0.25) is 0 Å². The Morgan fingerprint density at radius 2 is 1.94 bits per heavy atom. The Kier molecular flexibility index (Phi) is 4.98. The summed E-state index contributed by atoms with van der Waals surface area (Å²) in [6.07, 6.45) is 0. The monoisotopic (exact) mass is 259 g/mol. The van der Waals surface area contributed by atoms with Crippen LogP contribution >= 0.6 is 11.8 Å². The molecule has 0 saturated heterocycles. The van der Waals surface area contributed by atoms with Crippen LogP contribution in [0, 0.1) is 6.92 Å². The van der Waals surface area contributed by atoms with Crippen molar-refractivity contribution in [2.75, 3.05) is 12.3 Å². The summed E-state index contributed by atoms with van der Waals surface area (Å²) in [7, 11) is -4.27. The van der Waals surface area contributed by atoms with Gasteiger partial charge in [0.1, 0.15) is 10.1 Å². The van der Waals surface area contributed by atoms with Gasteiger partial charge in [0.25, 0.3) is 0 Å². The molecular weight excluding hydrogens is 246 g/mol. The number of nitrogens with one attached hydrogen (secondary N) is 1. The maximum Gasteiger partial charge on any atom is 0.196 e. The van der Waals surface area contributed by atoms with E-state index in [1.807, 2.05) is 24.2 Å². The zero-order valence-corrected chi connectivity index (χ0v) is 10.5. The van der Waals surface area contributed by atoms with E-state index in [1.165, 1.54) is 17.9 Å². The van der Waals surface area contributed by atoms with Gasteiger partial charge in [-0.05, 0) is 19.1 Å². The van der Waals surface area contributed by atoms with Crippen molar-refractivity contribution >= 4 is 27.4 Å². The minimum atomic E-state index is -4.27. The van der Waals surface area contributed by atoms with Crippen LogP contribution in [-0.2, 0) is 10.1 Å². The lowest BCUT2D eigenvalue weighted by Gasteiger charge is -2.05. The summed E-state index contributed by atoms with van der Waals surface area (Å²) in [5.74, 6) is 1.25. The molecule has 0 fully saturated rings. The van der Waals surface area contributed by atoms with Crippen LogP contribution in [0.15, 0.2) is 29.2 Å². The van der Waals surface area contributed by atoms with Crippen molar-refractivity contribution < 1.29 is 18.0 Å². The van der Waals surface area contributed by atoms with Crippen molar-refractivity contribution in [1.29, 1.82) is 0 Å². The normalized spacial score (nSPS) is 14.4. The fourth-order valence-corrected chi connectivity index (χ4v) is 2.06. The zero-order valence-electron chi connectivity index (χ0n) is 8.84. The molecular formula is C10H13NO3S2. The minimum absolute atomic E-state index is 0.178. The third kappa shape index (κ3) is 4.78. The molecule has 1 aromatic rings. The topological polar surface area (TPSA) is 71.2 Å². The van der Waals surface area contributed by atoms with Crippen molar-refractivity contribution in [3.63, 3.8) is 0 Å². The Bertz CT molecular complexity index is 445. The molecule has 0 spiro atoms. The molecule has 1 aliphatic heterocycles. The highest BCUT2D eigenvalue weighted by Crippen LogP contribution is 2.08. The Balaban J connectivity index is 0.000000212. The Labute approximate surface area is 99.5 Å². The SMILES string of the molecule is C1=[NH+]CCS1.Cc1ccc(S(=O)(=O)[O-])cc1. The van der Waals surface area contributed by atoms with E-state index in [4.69, 9.17) is 0 Å². The highest BCUT2D eigenvalue weighted by atomic mass is 32.2. The maximum atomic E-state index is 10.4. The second-order valence-electron chi connectivity index (χ2n) is 3.21. The molecule has 1 heterocycles. The molecule has 6 heteroatoms. The fraction of sp³-hybridized carbons (Fsp3) is 0.300. The summed E-state index contributed by atoms with van der Waals surface area (Å²) in [4.78, 5) is 2.88. The molecule has 0 saturated carbocycles. The maximum absolute atomic E-state index is 10.4. The van der Waals surface area contributed by atoms with E-state index in [-0.39, 0.29) is 4.90 Å². The van der Waals surface area contributed by atoms with Crippen LogP contribution in [0.4, 0.5) is 0 Å². The minimum Gasteiger partial charge on any atom is -0.744 e. The highest BCUT2D eigenvalue weighted by Gasteiger charge is 1.97. The van der Waals surface area contributed by atoms with Crippen molar-refractivity contribution in [2.45, 2.75) is 11.8 Å². The predicted octanol–water partition coefficient (Wildman–Crippen LogP) is -0.259. The molecule has 4 nitrogen and oxygen atoms in total. The number of rotatable bonds is 1. The first-order valence-corrected chi connectivity index (χ1v) is 7.15. The number of hydrogen-bond acceptors (Lipinski definition) is 4. The van der Waals surface area contributed by atoms with E-state index in [9.17, 15) is 13.0 Å². The van der Waals surface area contributed by atoms with Crippen molar-refractivity contribution in [1.82, 2.24) is 0 Å². The molecule has 0 amide bonds. The average Bonchev–Trinajstić information content (AvgIpc) is 2.74. The van der Waals surface area contributed by atoms with Gasteiger partial charge < -0.3 is 4.55 Å². The molecule has 88 valence electrons. The Hall–Kier alpha value is -0.850. The van der Waals surface area contributed by atoms with Gasteiger partial charge in [0.2, 0.25) is 0 Å². The lowest BCUT2D eigenvalue weighted by Crippen LogP contribution is -2.65. The van der Waals surface area contributed by atoms with Crippen LogP contribution in [0.2, 0.25) is 0 Å². The number of thioether (sulfide) groups is 1. The van der Waals surface area contributed by atoms with E-state index in [2.05, 4.69) is 4.99 Å². The van der Waals surface area contributed by atoms with E-state index in [0.717, 1.165) is 12.1 Å². The molecule has 2 rings (SSSR count). The first-order chi connectivity index (χ1) is 7.50. The van der Waals surface area contributed by atoms with Gasteiger partial charge in [-0.1, -0.05) is 29.5 Å². The third-order valence-electron chi connectivity index (χ3n) is 1.84. The lowest BCUT2D eigenvalue weighted by atomic mass is 10.2. The van der Waals surface area contributed by atoms with Crippen molar-refractivity contribution in [2.24, 2.45) is 0 Å². The van der Waals surface area contributed by atoms with Gasteiger partial charge in [0.05, 0.1) is 10.6 Å². The second kappa shape index (κ2) is 6.03. The van der Waals surface area contributed by atoms with E-state index in [1.54, 1.807) is 12.1 Å². The molecule has 0 unspecified atom stereocenters. The van der Waals surface area contributed by atoms with Crippen LogP contribution in [0.1, 0.15) is 5.56 Å². The molecule has 0 bridgehead atoms. The molecule has 0 aliphatic carbocycles. The summed E-state index contributed by atoms with van der Waals surface area (Å²) >= 11 is 1.84. The summed E-state index contributed by atoms with van der Waals surface area (Å²) in [6.45, 7) is 2.98. The van der Waals surface area contributed by atoms with Crippen LogP contribution in [0.3, 0.4) is 0 Å². The molecule has 1 aromatic carbocycles. The number of aryl methyl sites for hydroxylation is 1. The van der Waals surface area contributed by atoms with Gasteiger partial charge >= 0.3 is 0 Å². The first kappa shape index (κ1) is 13.2. The van der Waals surface area contributed by atoms with Crippen LogP contribution < -0.4 is 4.99 Å². The standard InChI is InChI=1S/C7H8O3S.C3H5NS/c1-6-2-4-7(5-3-6)11(8,9)10;1-2-5-3-4-1/h2-5H,1H3,(H,8,9,10);3H,1-2H2. The Morgan fingerprint density at radius 1 is 1.31 bits per heavy atom. The zero-order chi connectivity index (χ0) is 12.0. The number of hydrogen-bond donors (Lipinski definition) is 1. The summed E-state index contributed by atoms with van der Waals surface area (Å²) in [5, 5.41) is 0. The van der Waals surface area contributed by atoms with Gasteiger partial charge in [0, 0.05) is 0 Å². The van der Waals surface area contributed by atoms with E-state index >= 15 is 0 Å². The summed E-state index contributed by atoms with van der Waals surface area (Å²) in [6, 6.07) is 5.78. The molecule has 0 aromatic heterocycles. The third-order valence-corrected chi connectivity index (χ3v) is 3.46. The molecule has 1 aliphatic rings. The average molecular weight is 259 g/mol. The van der Waals surface area contributed by atoms with E-state index < -0.39 is 10.1 Å². The van der Waals surface area contributed by atoms with Crippen molar-refractivity contribution in [3.8, 4) is 0 Å². The van der Waals surface area contributed by atoms with Crippen molar-refractivity contribution in [3.05, 3.63) is 29.8 Å². The van der Waals surface area contributed by atoms with E-state index in [0.29, 0.717) is 0 Å². The molecule has 0 radical (unpaired) electrons. The highest BCUT2D eigenvalue weighted by molar-refractivity contribution is 8.12. The smallest absolute Gasteiger partial charge is 0.196 e. The quantitative estimate of drug-likeness (QED) is 0.705. The second-order valence-corrected chi connectivity index (χ2v) is 5.57. The van der Waals surface area contributed by atoms with Gasteiger partial charge in [-0.2, -0.15) is 0 Å². The van der Waals surface area contributed by atoms with Gasteiger partial charge in [-0.15, -0.1) is 0 Å². The van der Waals surface area contributed by atoms with Crippen LogP contribution in [-0.4, -0.2) is 30.8 Å². The van der Waals surface area contributed by atoms with Gasteiger partial charge in [-0.25, -0.2) is 13.4 Å². The molecule has 0 atom stereocenters. The lowest BCUT2D eigenvalue weighted by molar-refractivity contribution is -0.439. The van der Waals surface area contributed by atoms with Crippen LogP contribution in [0.5, 0.6) is 0 Å².